The molecule has 0 fully saturated rings. The van der Waals surface area contributed by atoms with Crippen LogP contribution in [0.15, 0.2) is 37.0 Å². The molecule has 108 valence electrons. The fourth-order valence-electron chi connectivity index (χ4n) is 0.690. The summed E-state index contributed by atoms with van der Waals surface area (Å²) in [6.07, 6.45) is 3.49. The van der Waals surface area contributed by atoms with E-state index in [9.17, 15) is 9.59 Å². The topological polar surface area (TPSA) is 52.6 Å². The highest BCUT2D eigenvalue weighted by molar-refractivity contribution is 5.87. The van der Waals surface area contributed by atoms with Gasteiger partial charge >= 0.3 is 11.9 Å². The van der Waals surface area contributed by atoms with Gasteiger partial charge in [0.1, 0.15) is 6.61 Å². The number of hydrogen-bond acceptors (Lipinski definition) is 4. The molecule has 0 rings (SSSR count). The van der Waals surface area contributed by atoms with Crippen LogP contribution in [0, 0.1) is 0 Å². The number of carbonyl (C=O) groups excluding carboxylic acids is 2. The molecule has 0 spiro atoms. The van der Waals surface area contributed by atoms with E-state index < -0.39 is 0 Å². The molecule has 0 N–H and O–H groups in total. The summed E-state index contributed by atoms with van der Waals surface area (Å²) >= 11 is 0. The molecule has 0 aliphatic carbocycles. The van der Waals surface area contributed by atoms with Crippen molar-refractivity contribution in [1.29, 1.82) is 0 Å². The largest absolute Gasteiger partial charge is 0.462 e. The molecule has 4 heteroatoms. The average molecular weight is 268 g/mol. The minimum Gasteiger partial charge on any atom is -0.462 e. The first kappa shape index (κ1) is 19.5. The van der Waals surface area contributed by atoms with E-state index in [0.29, 0.717) is 17.8 Å². The Morgan fingerprint density at radius 3 is 1.89 bits per heavy atom. The summed E-state index contributed by atoms with van der Waals surface area (Å²) < 4.78 is 9.40. The van der Waals surface area contributed by atoms with Crippen LogP contribution < -0.4 is 0 Å². The summed E-state index contributed by atoms with van der Waals surface area (Å²) in [5.41, 5.74) is 0.882. The number of carbonyl (C=O) groups is 2. The number of ether oxygens (including phenoxy) is 2. The van der Waals surface area contributed by atoms with E-state index in [1.54, 1.807) is 13.8 Å². The second-order valence-corrected chi connectivity index (χ2v) is 3.94. The van der Waals surface area contributed by atoms with Crippen LogP contribution in [-0.2, 0) is 19.1 Å². The lowest BCUT2D eigenvalue weighted by Crippen LogP contribution is -2.05. The van der Waals surface area contributed by atoms with Crippen LogP contribution in [0.2, 0.25) is 0 Å². The van der Waals surface area contributed by atoms with Crippen LogP contribution >= 0.6 is 0 Å². The van der Waals surface area contributed by atoms with Crippen molar-refractivity contribution >= 4 is 11.9 Å². The zero-order chi connectivity index (χ0) is 15.3. The summed E-state index contributed by atoms with van der Waals surface area (Å²) in [7, 11) is 0. The minimum absolute atomic E-state index is 0.256. The van der Waals surface area contributed by atoms with Gasteiger partial charge in [0.2, 0.25) is 0 Å². The molecule has 0 bridgehead atoms. The third-order valence-corrected chi connectivity index (χ3v) is 1.76. The highest BCUT2D eigenvalue weighted by Gasteiger charge is 2.00. The zero-order valence-electron chi connectivity index (χ0n) is 12.2. The maximum Gasteiger partial charge on any atom is 0.333 e. The molecule has 0 radical (unpaired) electrons. The molecule has 0 heterocycles. The summed E-state index contributed by atoms with van der Waals surface area (Å²) in [6, 6.07) is 0. The molecule has 0 atom stereocenters. The molecule has 0 unspecified atom stereocenters. The van der Waals surface area contributed by atoms with Gasteiger partial charge in [-0.15, -0.1) is 0 Å². The lowest BCUT2D eigenvalue weighted by Gasteiger charge is -2.01. The molecule has 0 aliphatic rings. The van der Waals surface area contributed by atoms with Crippen molar-refractivity contribution in [1.82, 2.24) is 0 Å². The molecule has 0 amide bonds. The highest BCUT2D eigenvalue weighted by Crippen LogP contribution is 1.94. The molecule has 0 aromatic rings. The Kier molecular flexibility index (Phi) is 12.9. The molecule has 0 saturated carbocycles. The van der Waals surface area contributed by atoms with Gasteiger partial charge in [-0.3, -0.25) is 0 Å². The van der Waals surface area contributed by atoms with Gasteiger partial charge < -0.3 is 9.47 Å². The van der Waals surface area contributed by atoms with Gasteiger partial charge in [-0.25, -0.2) is 9.59 Å². The summed E-state index contributed by atoms with van der Waals surface area (Å²) in [5.74, 6) is -0.650. The first-order valence-electron chi connectivity index (χ1n) is 6.12. The van der Waals surface area contributed by atoms with Gasteiger partial charge in [-0.05, 0) is 20.3 Å². The first-order valence-corrected chi connectivity index (χ1v) is 6.12. The van der Waals surface area contributed by atoms with Crippen LogP contribution in [0.1, 0.15) is 33.6 Å². The van der Waals surface area contributed by atoms with E-state index in [4.69, 9.17) is 4.74 Å². The third kappa shape index (κ3) is 14.1. The monoisotopic (exact) mass is 268 g/mol. The standard InChI is InChI=1S/C8H14O2.C7H10O2/c1-4-5-6-10-8(9)7(2)3;1-4-5-9-7(8)6(2)3/h2,4-6H2,1,3H3;4H,1-2,5H2,3H3. The maximum absolute atomic E-state index is 10.7. The molecule has 0 aromatic carbocycles. The molecule has 4 nitrogen and oxygen atoms in total. The molecular weight excluding hydrogens is 244 g/mol. The molecular formula is C15H24O4. The van der Waals surface area contributed by atoms with Gasteiger partial charge in [-0.1, -0.05) is 39.2 Å². The van der Waals surface area contributed by atoms with Crippen LogP contribution in [0.5, 0.6) is 0 Å². The Bertz CT molecular complexity index is 329. The van der Waals surface area contributed by atoms with Gasteiger partial charge in [0, 0.05) is 11.1 Å². The van der Waals surface area contributed by atoms with Gasteiger partial charge in [0.25, 0.3) is 0 Å². The van der Waals surface area contributed by atoms with Crippen LogP contribution in [0.3, 0.4) is 0 Å². The molecule has 19 heavy (non-hydrogen) atoms. The van der Waals surface area contributed by atoms with E-state index in [1.165, 1.54) is 6.08 Å². The molecule has 0 aliphatic heterocycles. The average Bonchev–Trinajstić information content (AvgIpc) is 2.36. The van der Waals surface area contributed by atoms with E-state index in [0.717, 1.165) is 12.8 Å². The SMILES string of the molecule is C=C(C)C(=O)OCCCC.C=CCOC(=O)C(=C)C. The normalized spacial score (nSPS) is 8.58. The zero-order valence-corrected chi connectivity index (χ0v) is 12.2. The summed E-state index contributed by atoms with van der Waals surface area (Å²) in [4.78, 5) is 21.2. The maximum atomic E-state index is 10.7. The predicted octanol–water partition coefficient (Wildman–Crippen LogP) is 3.20. The second-order valence-electron chi connectivity index (χ2n) is 3.94. The van der Waals surface area contributed by atoms with Crippen molar-refractivity contribution in [2.75, 3.05) is 13.2 Å². The van der Waals surface area contributed by atoms with Gasteiger partial charge in [0.05, 0.1) is 6.61 Å². The summed E-state index contributed by atoms with van der Waals surface area (Å²) in [5, 5.41) is 0. The van der Waals surface area contributed by atoms with Crippen LogP contribution in [0.4, 0.5) is 0 Å². The van der Waals surface area contributed by atoms with Crippen molar-refractivity contribution < 1.29 is 19.1 Å². The van der Waals surface area contributed by atoms with Crippen LogP contribution in [-0.4, -0.2) is 25.2 Å². The van der Waals surface area contributed by atoms with Gasteiger partial charge in [0.15, 0.2) is 0 Å². The van der Waals surface area contributed by atoms with E-state index in [1.807, 2.05) is 0 Å². The first-order chi connectivity index (χ1) is 8.86. The fraction of sp³-hybridized carbons (Fsp3) is 0.467. The van der Waals surface area contributed by atoms with E-state index in [-0.39, 0.29) is 18.5 Å². The van der Waals surface area contributed by atoms with Crippen LogP contribution in [0.25, 0.3) is 0 Å². The van der Waals surface area contributed by atoms with Crippen molar-refractivity contribution in [2.24, 2.45) is 0 Å². The minimum atomic E-state index is -0.366. The smallest absolute Gasteiger partial charge is 0.333 e. The quantitative estimate of drug-likeness (QED) is 0.308. The highest BCUT2D eigenvalue weighted by atomic mass is 16.5. The fourth-order valence-corrected chi connectivity index (χ4v) is 0.690. The Balaban J connectivity index is 0. The Morgan fingerprint density at radius 1 is 1.05 bits per heavy atom. The van der Waals surface area contributed by atoms with Crippen molar-refractivity contribution in [2.45, 2.75) is 33.6 Å². The second kappa shape index (κ2) is 12.6. The number of hydrogen-bond donors (Lipinski definition) is 0. The summed E-state index contributed by atoms with van der Waals surface area (Å²) in [6.45, 7) is 16.3. The lowest BCUT2D eigenvalue weighted by atomic mass is 10.3. The number of unbranched alkanes of at least 4 members (excludes halogenated alkanes) is 1. The Labute approximate surface area is 115 Å². The molecule has 0 saturated heterocycles. The van der Waals surface area contributed by atoms with Crippen molar-refractivity contribution in [3.63, 3.8) is 0 Å². The Morgan fingerprint density at radius 2 is 1.53 bits per heavy atom. The van der Waals surface area contributed by atoms with Crippen molar-refractivity contribution in [3.05, 3.63) is 37.0 Å². The molecule has 0 aromatic heterocycles. The number of rotatable bonds is 7. The van der Waals surface area contributed by atoms with Crippen molar-refractivity contribution in [3.8, 4) is 0 Å². The van der Waals surface area contributed by atoms with Gasteiger partial charge in [-0.2, -0.15) is 0 Å². The third-order valence-electron chi connectivity index (χ3n) is 1.76. The Hall–Kier alpha value is -1.84. The van der Waals surface area contributed by atoms with E-state index in [2.05, 4.69) is 31.4 Å². The number of esters is 2. The lowest BCUT2D eigenvalue weighted by molar-refractivity contribution is -0.139. The van der Waals surface area contributed by atoms with E-state index >= 15 is 0 Å². The predicted molar refractivity (Wildman–Crippen MR) is 76.7 cm³/mol.